The molecule has 2 atom stereocenters. The van der Waals surface area contributed by atoms with Gasteiger partial charge in [0.15, 0.2) is 0 Å². The summed E-state index contributed by atoms with van der Waals surface area (Å²) in [4.78, 5) is 19.7. The molecule has 5 heteroatoms. The molecule has 2 saturated heterocycles. The summed E-state index contributed by atoms with van der Waals surface area (Å²) < 4.78 is 0. The average Bonchev–Trinajstić information content (AvgIpc) is 2.64. The monoisotopic (exact) mass is 345 g/mol. The van der Waals surface area contributed by atoms with Crippen LogP contribution in [0.15, 0.2) is 24.3 Å². The van der Waals surface area contributed by atoms with Crippen LogP contribution in [0.4, 0.5) is 0 Å². The fourth-order valence-electron chi connectivity index (χ4n) is 3.85. The van der Waals surface area contributed by atoms with E-state index in [0.717, 1.165) is 51.1 Å². The van der Waals surface area contributed by atoms with Gasteiger partial charge in [-0.05, 0) is 50.4 Å². The summed E-state index contributed by atoms with van der Waals surface area (Å²) in [7, 11) is 2.16. The quantitative estimate of drug-likeness (QED) is 0.902. The Hall–Kier alpha value is -1.43. The third-order valence-corrected chi connectivity index (χ3v) is 5.67. The first-order valence-electron chi connectivity index (χ1n) is 9.48. The number of likely N-dealkylation sites (N-methyl/N-ethyl adjacent to an activating group) is 1. The summed E-state index contributed by atoms with van der Waals surface area (Å²) >= 11 is 0. The second kappa shape index (κ2) is 8.30. The van der Waals surface area contributed by atoms with Gasteiger partial charge >= 0.3 is 0 Å². The summed E-state index contributed by atoms with van der Waals surface area (Å²) in [5.74, 6) is 0.319. The Kier molecular flexibility index (Phi) is 6.10. The Balaban J connectivity index is 1.66. The molecule has 1 amide bonds. The molecule has 2 heterocycles. The molecular formula is C20H31N3O2. The highest BCUT2D eigenvalue weighted by Crippen LogP contribution is 2.24. The number of benzene rings is 1. The molecule has 1 aromatic rings. The van der Waals surface area contributed by atoms with Gasteiger partial charge in [-0.3, -0.25) is 9.69 Å². The lowest BCUT2D eigenvalue weighted by Crippen LogP contribution is -2.46. The lowest BCUT2D eigenvalue weighted by atomic mass is 9.93. The van der Waals surface area contributed by atoms with E-state index >= 15 is 0 Å². The Morgan fingerprint density at radius 1 is 1.20 bits per heavy atom. The number of aliphatic hydroxyl groups excluding tert-OH is 1. The highest BCUT2D eigenvalue weighted by molar-refractivity contribution is 5.94. The summed E-state index contributed by atoms with van der Waals surface area (Å²) in [6, 6.07) is 8.33. The van der Waals surface area contributed by atoms with Crippen LogP contribution < -0.4 is 0 Å². The van der Waals surface area contributed by atoms with Crippen LogP contribution in [-0.4, -0.2) is 78.1 Å². The minimum Gasteiger partial charge on any atom is -0.396 e. The number of hydrogen-bond donors (Lipinski definition) is 1. The molecule has 3 rings (SSSR count). The summed E-state index contributed by atoms with van der Waals surface area (Å²) in [5, 5.41) is 9.45. The van der Waals surface area contributed by atoms with Gasteiger partial charge in [0.1, 0.15) is 0 Å². The van der Waals surface area contributed by atoms with Crippen molar-refractivity contribution in [3.8, 4) is 0 Å². The van der Waals surface area contributed by atoms with Crippen molar-refractivity contribution >= 4 is 5.91 Å². The van der Waals surface area contributed by atoms with Crippen LogP contribution in [0.1, 0.15) is 35.7 Å². The van der Waals surface area contributed by atoms with E-state index in [9.17, 15) is 9.90 Å². The third-order valence-electron chi connectivity index (χ3n) is 5.67. The van der Waals surface area contributed by atoms with Crippen LogP contribution in [0.2, 0.25) is 0 Å². The van der Waals surface area contributed by atoms with Crippen molar-refractivity contribution in [2.45, 2.75) is 32.4 Å². The highest BCUT2D eigenvalue weighted by atomic mass is 16.3. The van der Waals surface area contributed by atoms with Crippen molar-refractivity contribution in [2.24, 2.45) is 5.92 Å². The van der Waals surface area contributed by atoms with Crippen molar-refractivity contribution in [1.29, 1.82) is 0 Å². The number of amides is 1. The van der Waals surface area contributed by atoms with E-state index in [0.29, 0.717) is 6.54 Å². The lowest BCUT2D eigenvalue weighted by molar-refractivity contribution is 0.0488. The maximum atomic E-state index is 13.0. The first kappa shape index (κ1) is 18.4. The highest BCUT2D eigenvalue weighted by Gasteiger charge is 2.29. The Bertz CT molecular complexity index is 584. The van der Waals surface area contributed by atoms with Gasteiger partial charge in [0.25, 0.3) is 5.91 Å². The maximum Gasteiger partial charge on any atom is 0.254 e. The van der Waals surface area contributed by atoms with Crippen molar-refractivity contribution in [3.05, 3.63) is 35.4 Å². The van der Waals surface area contributed by atoms with Crippen molar-refractivity contribution in [3.63, 3.8) is 0 Å². The molecule has 2 fully saturated rings. The number of aliphatic hydroxyl groups is 1. The largest absolute Gasteiger partial charge is 0.396 e. The lowest BCUT2D eigenvalue weighted by Gasteiger charge is -2.37. The molecule has 0 saturated carbocycles. The molecule has 25 heavy (non-hydrogen) atoms. The van der Waals surface area contributed by atoms with Gasteiger partial charge in [-0.2, -0.15) is 0 Å². The number of piperazine rings is 1. The predicted octanol–water partition coefficient (Wildman–Crippen LogP) is 1.67. The molecule has 2 unspecified atom stereocenters. The Labute approximate surface area is 151 Å². The van der Waals surface area contributed by atoms with E-state index in [1.54, 1.807) is 0 Å². The van der Waals surface area contributed by atoms with E-state index in [2.05, 4.69) is 35.9 Å². The molecule has 0 bridgehead atoms. The molecule has 0 aliphatic carbocycles. The van der Waals surface area contributed by atoms with Crippen LogP contribution in [0.3, 0.4) is 0 Å². The van der Waals surface area contributed by atoms with Crippen molar-refractivity contribution in [2.75, 3.05) is 46.4 Å². The maximum absolute atomic E-state index is 13.0. The Morgan fingerprint density at radius 3 is 2.68 bits per heavy atom. The van der Waals surface area contributed by atoms with Crippen LogP contribution in [0.5, 0.6) is 0 Å². The van der Waals surface area contributed by atoms with Gasteiger partial charge in [-0.1, -0.05) is 12.1 Å². The van der Waals surface area contributed by atoms with Crippen LogP contribution in [0, 0.1) is 5.92 Å². The average molecular weight is 345 g/mol. The molecule has 5 nitrogen and oxygen atoms in total. The SMILES string of the molecule is CC1CCC(CO)CN1C(=O)c1cccc(CN2CCN(C)CC2)c1. The summed E-state index contributed by atoms with van der Waals surface area (Å²) in [6.07, 6.45) is 1.98. The number of piperidine rings is 1. The topological polar surface area (TPSA) is 47.0 Å². The fraction of sp³-hybridized carbons (Fsp3) is 0.650. The van der Waals surface area contributed by atoms with Gasteiger partial charge in [-0.25, -0.2) is 0 Å². The zero-order valence-electron chi connectivity index (χ0n) is 15.5. The first-order chi connectivity index (χ1) is 12.1. The molecule has 138 valence electrons. The molecular weight excluding hydrogens is 314 g/mol. The van der Waals surface area contributed by atoms with Gasteiger partial charge < -0.3 is 14.9 Å². The van der Waals surface area contributed by atoms with E-state index in [-0.39, 0.29) is 24.5 Å². The molecule has 1 N–H and O–H groups in total. The van der Waals surface area contributed by atoms with Crippen molar-refractivity contribution in [1.82, 2.24) is 14.7 Å². The second-order valence-corrected chi connectivity index (χ2v) is 7.71. The standard InChI is InChI=1S/C20H31N3O2/c1-16-6-7-18(15-24)14-23(16)20(25)19-5-3-4-17(12-19)13-22-10-8-21(2)9-11-22/h3-5,12,16,18,24H,6-11,13-15H2,1-2H3. The van der Waals surface area contributed by atoms with E-state index < -0.39 is 0 Å². The zero-order chi connectivity index (χ0) is 17.8. The van der Waals surface area contributed by atoms with Gasteiger partial charge in [-0.15, -0.1) is 0 Å². The van der Waals surface area contributed by atoms with E-state index in [1.165, 1.54) is 5.56 Å². The van der Waals surface area contributed by atoms with E-state index in [1.807, 2.05) is 17.0 Å². The third kappa shape index (κ3) is 4.60. The Morgan fingerprint density at radius 2 is 1.96 bits per heavy atom. The van der Waals surface area contributed by atoms with E-state index in [4.69, 9.17) is 0 Å². The number of likely N-dealkylation sites (tertiary alicyclic amines) is 1. The van der Waals surface area contributed by atoms with Crippen LogP contribution >= 0.6 is 0 Å². The van der Waals surface area contributed by atoms with Gasteiger partial charge in [0.2, 0.25) is 0 Å². The number of hydrogen-bond acceptors (Lipinski definition) is 4. The molecule has 1 aromatic carbocycles. The zero-order valence-corrected chi connectivity index (χ0v) is 15.5. The molecule has 2 aliphatic rings. The second-order valence-electron chi connectivity index (χ2n) is 7.71. The van der Waals surface area contributed by atoms with Gasteiger partial charge in [0, 0.05) is 57.5 Å². The number of carbonyl (C=O) groups excluding carboxylic acids is 1. The molecule has 0 aromatic heterocycles. The summed E-state index contributed by atoms with van der Waals surface area (Å²) in [6.45, 7) is 8.22. The van der Waals surface area contributed by atoms with Crippen LogP contribution in [-0.2, 0) is 6.54 Å². The fourth-order valence-corrected chi connectivity index (χ4v) is 3.85. The van der Waals surface area contributed by atoms with Crippen LogP contribution in [0.25, 0.3) is 0 Å². The number of carbonyl (C=O) groups is 1. The molecule has 0 radical (unpaired) electrons. The predicted molar refractivity (Wildman–Crippen MR) is 99.5 cm³/mol. The first-order valence-corrected chi connectivity index (χ1v) is 9.48. The minimum absolute atomic E-state index is 0.103. The number of nitrogens with zero attached hydrogens (tertiary/aromatic N) is 3. The molecule has 2 aliphatic heterocycles. The normalized spacial score (nSPS) is 26.0. The van der Waals surface area contributed by atoms with Gasteiger partial charge in [0.05, 0.1) is 0 Å². The molecule has 0 spiro atoms. The minimum atomic E-state index is 0.103. The summed E-state index contributed by atoms with van der Waals surface area (Å²) in [5.41, 5.74) is 1.98. The smallest absolute Gasteiger partial charge is 0.254 e. The van der Waals surface area contributed by atoms with Crippen molar-refractivity contribution < 1.29 is 9.90 Å². The number of rotatable bonds is 4.